The largest absolute Gasteiger partial charge is 0.350 e. The van der Waals surface area contributed by atoms with Gasteiger partial charge in [0.05, 0.1) is 12.2 Å². The van der Waals surface area contributed by atoms with Gasteiger partial charge in [-0.1, -0.05) is 34.6 Å². The highest BCUT2D eigenvalue weighted by Crippen LogP contribution is 2.28. The number of nitrogens with one attached hydrogen (secondary N) is 1. The molecule has 0 atom stereocenters. The molecule has 4 nitrogen and oxygen atoms in total. The van der Waals surface area contributed by atoms with Crippen LogP contribution in [0.25, 0.3) is 0 Å². The van der Waals surface area contributed by atoms with Crippen molar-refractivity contribution in [1.29, 1.82) is 0 Å². The summed E-state index contributed by atoms with van der Waals surface area (Å²) in [5, 5.41) is 6.74. The Morgan fingerprint density at radius 3 is 2.59 bits per heavy atom. The summed E-state index contributed by atoms with van der Waals surface area (Å²) in [5.74, 6) is 0.994. The molecule has 0 spiro atoms. The number of thiazole rings is 1. The molecule has 1 fully saturated rings. The number of hydrogen-bond donors (Lipinski definition) is 1. The first-order chi connectivity index (χ1) is 9.71. The van der Waals surface area contributed by atoms with E-state index in [0.29, 0.717) is 5.41 Å². The van der Waals surface area contributed by atoms with Gasteiger partial charge in [0.1, 0.15) is 5.01 Å². The summed E-state index contributed by atoms with van der Waals surface area (Å²) in [7, 11) is 1.86. The smallest absolute Gasteiger partial charge is 0.194 e. The molecule has 1 N–H and O–H groups in total. The van der Waals surface area contributed by atoms with Gasteiger partial charge in [0.25, 0.3) is 0 Å². The van der Waals surface area contributed by atoms with Crippen LogP contribution in [0.4, 0.5) is 0 Å². The van der Waals surface area contributed by atoms with E-state index >= 15 is 0 Å². The number of hydrogen-bond acceptors (Lipinski definition) is 3. The van der Waals surface area contributed by atoms with Crippen LogP contribution >= 0.6 is 35.3 Å². The van der Waals surface area contributed by atoms with E-state index in [9.17, 15) is 0 Å². The average molecular weight is 436 g/mol. The van der Waals surface area contributed by atoms with Crippen LogP contribution in [0.15, 0.2) is 10.4 Å². The van der Waals surface area contributed by atoms with Crippen molar-refractivity contribution in [2.45, 2.75) is 53.0 Å². The molecule has 0 amide bonds. The summed E-state index contributed by atoms with van der Waals surface area (Å²) in [6.07, 6.45) is 1.22. The van der Waals surface area contributed by atoms with E-state index in [1.54, 1.807) is 11.3 Å². The standard InChI is InChI=1S/C16H28N4S.HI/c1-15(2,3)12-10-21-13(19-12)9-18-14(17-6)20-8-7-16(4,5)11-20;/h10H,7-9,11H2,1-6H3,(H,17,18);1H. The van der Waals surface area contributed by atoms with Crippen molar-refractivity contribution in [1.82, 2.24) is 15.2 Å². The van der Waals surface area contributed by atoms with Crippen LogP contribution in [0.2, 0.25) is 0 Å². The Hall–Kier alpha value is -0.370. The second-order valence-electron chi connectivity index (χ2n) is 7.61. The number of aromatic nitrogens is 1. The SMILES string of the molecule is CN=C(NCc1nc(C(C)(C)C)cs1)N1CCC(C)(C)C1.I. The lowest BCUT2D eigenvalue weighted by molar-refractivity contribution is 0.370. The Bertz CT molecular complexity index is 516. The molecule has 2 rings (SSSR count). The van der Waals surface area contributed by atoms with Crippen LogP contribution in [0.1, 0.15) is 51.7 Å². The molecule has 2 heterocycles. The maximum Gasteiger partial charge on any atom is 0.194 e. The number of aliphatic imine (C=N–C) groups is 1. The quantitative estimate of drug-likeness (QED) is 0.435. The minimum atomic E-state index is 0. The first-order valence-corrected chi connectivity index (χ1v) is 8.50. The topological polar surface area (TPSA) is 40.5 Å². The first-order valence-electron chi connectivity index (χ1n) is 7.62. The molecule has 0 saturated carbocycles. The Morgan fingerprint density at radius 2 is 2.14 bits per heavy atom. The van der Waals surface area contributed by atoms with Gasteiger partial charge in [0.15, 0.2) is 5.96 Å². The van der Waals surface area contributed by atoms with Crippen LogP contribution in [-0.2, 0) is 12.0 Å². The van der Waals surface area contributed by atoms with Crippen LogP contribution in [0.3, 0.4) is 0 Å². The molecule has 0 aromatic carbocycles. The zero-order valence-electron chi connectivity index (χ0n) is 14.6. The van der Waals surface area contributed by atoms with E-state index in [1.807, 2.05) is 7.05 Å². The molecule has 1 aromatic rings. The van der Waals surface area contributed by atoms with E-state index < -0.39 is 0 Å². The van der Waals surface area contributed by atoms with Crippen molar-refractivity contribution < 1.29 is 0 Å². The summed E-state index contributed by atoms with van der Waals surface area (Å²) in [4.78, 5) is 11.5. The van der Waals surface area contributed by atoms with Gasteiger partial charge in [0.2, 0.25) is 0 Å². The van der Waals surface area contributed by atoms with Gasteiger partial charge < -0.3 is 10.2 Å². The zero-order chi connectivity index (χ0) is 15.7. The van der Waals surface area contributed by atoms with E-state index in [-0.39, 0.29) is 29.4 Å². The van der Waals surface area contributed by atoms with Crippen molar-refractivity contribution in [3.05, 3.63) is 16.1 Å². The highest BCUT2D eigenvalue weighted by molar-refractivity contribution is 14.0. The van der Waals surface area contributed by atoms with Crippen molar-refractivity contribution in [2.24, 2.45) is 10.4 Å². The molecule has 1 aliphatic heterocycles. The minimum Gasteiger partial charge on any atom is -0.350 e. The normalized spacial score (nSPS) is 18.3. The van der Waals surface area contributed by atoms with Crippen LogP contribution in [0.5, 0.6) is 0 Å². The van der Waals surface area contributed by atoms with Gasteiger partial charge in [-0.3, -0.25) is 4.99 Å². The molecule has 0 unspecified atom stereocenters. The van der Waals surface area contributed by atoms with Gasteiger partial charge >= 0.3 is 0 Å². The lowest BCUT2D eigenvalue weighted by atomic mass is 9.93. The summed E-state index contributed by atoms with van der Waals surface area (Å²) < 4.78 is 0. The van der Waals surface area contributed by atoms with E-state index in [0.717, 1.165) is 30.6 Å². The third kappa shape index (κ3) is 5.08. The second-order valence-corrected chi connectivity index (χ2v) is 8.56. The number of likely N-dealkylation sites (tertiary alicyclic amines) is 1. The Balaban J connectivity index is 0.00000242. The highest BCUT2D eigenvalue weighted by Gasteiger charge is 2.30. The van der Waals surface area contributed by atoms with Crippen molar-refractivity contribution in [3.8, 4) is 0 Å². The zero-order valence-corrected chi connectivity index (χ0v) is 17.7. The summed E-state index contributed by atoms with van der Waals surface area (Å²) >= 11 is 1.72. The molecule has 0 bridgehead atoms. The van der Waals surface area contributed by atoms with Crippen LogP contribution < -0.4 is 5.32 Å². The number of rotatable bonds is 2. The monoisotopic (exact) mass is 436 g/mol. The molecular formula is C16H29IN4S. The van der Waals surface area contributed by atoms with E-state index in [1.165, 1.54) is 12.1 Å². The van der Waals surface area contributed by atoms with E-state index in [2.05, 4.69) is 55.2 Å². The van der Waals surface area contributed by atoms with Gasteiger partial charge in [-0.25, -0.2) is 4.98 Å². The van der Waals surface area contributed by atoms with Crippen LogP contribution in [0, 0.1) is 5.41 Å². The third-order valence-corrected chi connectivity index (χ3v) is 4.76. The molecule has 22 heavy (non-hydrogen) atoms. The molecule has 1 saturated heterocycles. The molecule has 1 aliphatic rings. The maximum atomic E-state index is 4.73. The summed E-state index contributed by atoms with van der Waals surface area (Å²) in [6, 6.07) is 0. The second kappa shape index (κ2) is 7.47. The fourth-order valence-corrected chi connectivity index (χ4v) is 3.48. The number of guanidine groups is 1. The third-order valence-electron chi connectivity index (χ3n) is 3.91. The predicted molar refractivity (Wildman–Crippen MR) is 106 cm³/mol. The molecule has 1 aromatic heterocycles. The number of nitrogens with zero attached hydrogens (tertiary/aromatic N) is 3. The van der Waals surface area contributed by atoms with Gasteiger partial charge in [0, 0.05) is 30.9 Å². The summed E-state index contributed by atoms with van der Waals surface area (Å²) in [5.41, 5.74) is 1.68. The Kier molecular flexibility index (Phi) is 6.68. The molecule has 0 radical (unpaired) electrons. The fraction of sp³-hybridized carbons (Fsp3) is 0.750. The van der Waals surface area contributed by atoms with Gasteiger partial charge in [-0.2, -0.15) is 0 Å². The molecular weight excluding hydrogens is 407 g/mol. The Morgan fingerprint density at radius 1 is 1.45 bits per heavy atom. The van der Waals surface area contributed by atoms with E-state index in [4.69, 9.17) is 4.98 Å². The van der Waals surface area contributed by atoms with Crippen LogP contribution in [-0.4, -0.2) is 36.0 Å². The molecule has 126 valence electrons. The number of halogens is 1. The predicted octanol–water partition coefficient (Wildman–Crippen LogP) is 3.87. The van der Waals surface area contributed by atoms with Gasteiger partial charge in [-0.05, 0) is 11.8 Å². The van der Waals surface area contributed by atoms with Crippen molar-refractivity contribution in [2.75, 3.05) is 20.1 Å². The molecule has 0 aliphatic carbocycles. The lowest BCUT2D eigenvalue weighted by Crippen LogP contribution is -2.40. The van der Waals surface area contributed by atoms with Gasteiger partial charge in [-0.15, -0.1) is 35.3 Å². The maximum absolute atomic E-state index is 4.73. The highest BCUT2D eigenvalue weighted by atomic mass is 127. The van der Waals surface area contributed by atoms with Crippen molar-refractivity contribution >= 4 is 41.3 Å². The fourth-order valence-electron chi connectivity index (χ4n) is 2.52. The first kappa shape index (κ1) is 19.7. The Labute approximate surface area is 155 Å². The average Bonchev–Trinajstić information content (AvgIpc) is 2.96. The lowest BCUT2D eigenvalue weighted by Gasteiger charge is -2.23. The minimum absolute atomic E-state index is 0. The van der Waals surface area contributed by atoms with Crippen molar-refractivity contribution in [3.63, 3.8) is 0 Å². The summed E-state index contributed by atoms with van der Waals surface area (Å²) in [6.45, 7) is 14.1. The molecule has 6 heteroatoms.